The van der Waals surface area contributed by atoms with Gasteiger partial charge in [0.05, 0.1) is 5.69 Å². The third kappa shape index (κ3) is 2.46. The number of benzene rings is 2. The van der Waals surface area contributed by atoms with Gasteiger partial charge in [0, 0.05) is 24.0 Å². The van der Waals surface area contributed by atoms with E-state index in [4.69, 9.17) is 0 Å². The molecule has 0 bridgehead atoms. The summed E-state index contributed by atoms with van der Waals surface area (Å²) in [5, 5.41) is 0. The number of halogens is 1. The van der Waals surface area contributed by atoms with Crippen LogP contribution in [-0.4, -0.2) is 13.0 Å². The molecule has 0 heterocycles. The highest BCUT2D eigenvalue weighted by atomic mass is 79.9. The van der Waals surface area contributed by atoms with Gasteiger partial charge in [-0.1, -0.05) is 52.3 Å². The highest BCUT2D eigenvalue weighted by molar-refractivity contribution is 9.10. The van der Waals surface area contributed by atoms with Crippen molar-refractivity contribution in [3.63, 3.8) is 0 Å². The van der Waals surface area contributed by atoms with Crippen molar-refractivity contribution in [3.05, 3.63) is 53.0 Å². The second-order valence-electron chi connectivity index (χ2n) is 4.08. The molecule has 0 spiro atoms. The SMILES string of the molecule is CC(=O)N(C)c1ccccc1-c1ccccc1Br. The van der Waals surface area contributed by atoms with E-state index in [0.717, 1.165) is 21.3 Å². The van der Waals surface area contributed by atoms with Crippen molar-refractivity contribution in [2.45, 2.75) is 6.92 Å². The molecule has 2 nitrogen and oxygen atoms in total. The molecule has 0 N–H and O–H groups in total. The maximum atomic E-state index is 11.5. The minimum Gasteiger partial charge on any atom is -0.315 e. The molecule has 0 fully saturated rings. The lowest BCUT2D eigenvalue weighted by Gasteiger charge is -2.19. The summed E-state index contributed by atoms with van der Waals surface area (Å²) >= 11 is 3.55. The quantitative estimate of drug-likeness (QED) is 0.818. The molecule has 2 aromatic carbocycles. The normalized spacial score (nSPS) is 10.2. The van der Waals surface area contributed by atoms with Gasteiger partial charge in [-0.15, -0.1) is 0 Å². The second-order valence-corrected chi connectivity index (χ2v) is 4.93. The Morgan fingerprint density at radius 1 is 1.00 bits per heavy atom. The summed E-state index contributed by atoms with van der Waals surface area (Å²) in [4.78, 5) is 13.2. The number of hydrogen-bond acceptors (Lipinski definition) is 1. The third-order valence-electron chi connectivity index (χ3n) is 2.90. The van der Waals surface area contributed by atoms with Gasteiger partial charge in [0.2, 0.25) is 5.91 Å². The van der Waals surface area contributed by atoms with E-state index in [9.17, 15) is 4.79 Å². The lowest BCUT2D eigenvalue weighted by Crippen LogP contribution is -2.23. The van der Waals surface area contributed by atoms with Crippen LogP contribution in [0.1, 0.15) is 6.92 Å². The van der Waals surface area contributed by atoms with Crippen LogP contribution in [0.2, 0.25) is 0 Å². The Kier molecular flexibility index (Phi) is 3.82. The van der Waals surface area contributed by atoms with E-state index < -0.39 is 0 Å². The van der Waals surface area contributed by atoms with Crippen LogP contribution in [0.4, 0.5) is 5.69 Å². The number of nitrogens with zero attached hydrogens (tertiary/aromatic N) is 1. The number of para-hydroxylation sites is 1. The maximum absolute atomic E-state index is 11.5. The molecule has 92 valence electrons. The van der Waals surface area contributed by atoms with Gasteiger partial charge in [-0.25, -0.2) is 0 Å². The number of hydrogen-bond donors (Lipinski definition) is 0. The predicted molar refractivity (Wildman–Crippen MR) is 78.7 cm³/mol. The number of rotatable bonds is 2. The summed E-state index contributed by atoms with van der Waals surface area (Å²) in [6.07, 6.45) is 0. The molecular weight excluding hydrogens is 290 g/mol. The molecule has 2 aromatic rings. The minimum atomic E-state index is 0.0227. The van der Waals surface area contributed by atoms with E-state index in [1.807, 2.05) is 48.5 Å². The van der Waals surface area contributed by atoms with Crippen molar-refractivity contribution < 1.29 is 4.79 Å². The monoisotopic (exact) mass is 303 g/mol. The van der Waals surface area contributed by atoms with Crippen LogP contribution in [0.25, 0.3) is 11.1 Å². The molecule has 0 aliphatic rings. The number of amides is 1. The van der Waals surface area contributed by atoms with E-state index in [2.05, 4.69) is 15.9 Å². The van der Waals surface area contributed by atoms with Gasteiger partial charge < -0.3 is 4.90 Å². The summed E-state index contributed by atoms with van der Waals surface area (Å²) in [5.74, 6) is 0.0227. The molecule has 2 rings (SSSR count). The van der Waals surface area contributed by atoms with Gasteiger partial charge in [0.15, 0.2) is 0 Å². The van der Waals surface area contributed by atoms with Gasteiger partial charge >= 0.3 is 0 Å². The Bertz CT molecular complexity index is 580. The summed E-state index contributed by atoms with van der Waals surface area (Å²) in [6, 6.07) is 15.9. The van der Waals surface area contributed by atoms with Gasteiger partial charge in [0.1, 0.15) is 0 Å². The minimum absolute atomic E-state index is 0.0227. The van der Waals surface area contributed by atoms with Gasteiger partial charge in [-0.2, -0.15) is 0 Å². The predicted octanol–water partition coefficient (Wildman–Crippen LogP) is 4.10. The van der Waals surface area contributed by atoms with Crippen LogP contribution < -0.4 is 4.90 Å². The van der Waals surface area contributed by atoms with Crippen molar-refractivity contribution in [3.8, 4) is 11.1 Å². The highest BCUT2D eigenvalue weighted by Crippen LogP contribution is 2.34. The first-order valence-electron chi connectivity index (χ1n) is 5.69. The Labute approximate surface area is 115 Å². The molecular formula is C15H14BrNO. The largest absolute Gasteiger partial charge is 0.315 e. The fraction of sp³-hybridized carbons (Fsp3) is 0.133. The van der Waals surface area contributed by atoms with Crippen molar-refractivity contribution in [1.82, 2.24) is 0 Å². The third-order valence-corrected chi connectivity index (χ3v) is 3.59. The van der Waals surface area contributed by atoms with E-state index in [-0.39, 0.29) is 5.91 Å². The molecule has 0 aromatic heterocycles. The molecule has 0 aliphatic carbocycles. The van der Waals surface area contributed by atoms with Crippen LogP contribution in [0.3, 0.4) is 0 Å². The van der Waals surface area contributed by atoms with Gasteiger partial charge in [-0.05, 0) is 17.7 Å². The van der Waals surface area contributed by atoms with Crippen molar-refractivity contribution >= 4 is 27.5 Å². The topological polar surface area (TPSA) is 20.3 Å². The van der Waals surface area contributed by atoms with Crippen LogP contribution in [0.5, 0.6) is 0 Å². The van der Waals surface area contributed by atoms with Crippen LogP contribution >= 0.6 is 15.9 Å². The number of carbonyl (C=O) groups excluding carboxylic acids is 1. The van der Waals surface area contributed by atoms with E-state index in [1.54, 1.807) is 18.9 Å². The Hall–Kier alpha value is -1.61. The van der Waals surface area contributed by atoms with Crippen LogP contribution in [0.15, 0.2) is 53.0 Å². The molecule has 0 unspecified atom stereocenters. The summed E-state index contributed by atoms with van der Waals surface area (Å²) < 4.78 is 1.02. The Morgan fingerprint density at radius 3 is 2.17 bits per heavy atom. The summed E-state index contributed by atoms with van der Waals surface area (Å²) in [7, 11) is 1.79. The first-order chi connectivity index (χ1) is 8.61. The van der Waals surface area contributed by atoms with Crippen LogP contribution in [-0.2, 0) is 4.79 Å². The van der Waals surface area contributed by atoms with Gasteiger partial charge in [-0.3, -0.25) is 4.79 Å². The number of carbonyl (C=O) groups is 1. The fourth-order valence-electron chi connectivity index (χ4n) is 1.84. The smallest absolute Gasteiger partial charge is 0.223 e. The van der Waals surface area contributed by atoms with E-state index >= 15 is 0 Å². The molecule has 0 atom stereocenters. The lowest BCUT2D eigenvalue weighted by molar-refractivity contribution is -0.116. The first kappa shape index (κ1) is 12.8. The molecule has 0 aliphatic heterocycles. The second kappa shape index (κ2) is 5.36. The zero-order valence-electron chi connectivity index (χ0n) is 10.4. The molecule has 3 heteroatoms. The molecule has 18 heavy (non-hydrogen) atoms. The Balaban J connectivity index is 2.59. The van der Waals surface area contributed by atoms with E-state index in [0.29, 0.717) is 0 Å². The molecule has 0 saturated heterocycles. The van der Waals surface area contributed by atoms with Crippen molar-refractivity contribution in [2.24, 2.45) is 0 Å². The average molecular weight is 304 g/mol. The standard InChI is InChI=1S/C15H14BrNO/c1-11(18)17(2)15-10-6-4-8-13(15)12-7-3-5-9-14(12)16/h3-10H,1-2H3. The van der Waals surface area contributed by atoms with E-state index in [1.165, 1.54) is 0 Å². The van der Waals surface area contributed by atoms with Crippen molar-refractivity contribution in [2.75, 3.05) is 11.9 Å². The van der Waals surface area contributed by atoms with Gasteiger partial charge in [0.25, 0.3) is 0 Å². The lowest BCUT2D eigenvalue weighted by atomic mass is 10.0. The zero-order chi connectivity index (χ0) is 13.1. The highest BCUT2D eigenvalue weighted by Gasteiger charge is 2.13. The summed E-state index contributed by atoms with van der Waals surface area (Å²) in [6.45, 7) is 1.57. The average Bonchev–Trinajstić information content (AvgIpc) is 2.38. The summed E-state index contributed by atoms with van der Waals surface area (Å²) in [5.41, 5.74) is 3.04. The fourth-order valence-corrected chi connectivity index (χ4v) is 2.34. The number of anilines is 1. The first-order valence-corrected chi connectivity index (χ1v) is 6.49. The zero-order valence-corrected chi connectivity index (χ0v) is 11.9. The van der Waals surface area contributed by atoms with Crippen molar-refractivity contribution in [1.29, 1.82) is 0 Å². The van der Waals surface area contributed by atoms with Crippen LogP contribution in [0, 0.1) is 0 Å². The molecule has 0 radical (unpaired) electrons. The maximum Gasteiger partial charge on any atom is 0.223 e. The molecule has 1 amide bonds. The Morgan fingerprint density at radius 2 is 1.56 bits per heavy atom. The molecule has 0 saturated carbocycles.